The van der Waals surface area contributed by atoms with E-state index in [-0.39, 0.29) is 0 Å². The quantitative estimate of drug-likeness (QED) is 0.844. The molecule has 0 radical (unpaired) electrons. The molecule has 1 aliphatic rings. The summed E-state index contributed by atoms with van der Waals surface area (Å²) in [6.45, 7) is 1.22. The van der Waals surface area contributed by atoms with Gasteiger partial charge in [0.25, 0.3) is 0 Å². The maximum atomic E-state index is 12.6. The standard InChI is InChI=1S/C13H18BrNO3S/c1-18-13-10-11(6-7-12(13)14)19(16,17)15-8-4-2-3-5-9-15/h6-7,10H,2-5,8-9H2,1H3. The molecule has 0 atom stereocenters. The Labute approximate surface area is 122 Å². The Morgan fingerprint density at radius 1 is 1.16 bits per heavy atom. The van der Waals surface area contributed by atoms with Crippen LogP contribution in [0.25, 0.3) is 0 Å². The van der Waals surface area contributed by atoms with Gasteiger partial charge < -0.3 is 4.74 Å². The summed E-state index contributed by atoms with van der Waals surface area (Å²) in [4.78, 5) is 0.300. The summed E-state index contributed by atoms with van der Waals surface area (Å²) in [5.74, 6) is 0.538. The second kappa shape index (κ2) is 6.24. The summed E-state index contributed by atoms with van der Waals surface area (Å²) in [6, 6.07) is 4.90. The predicted octanol–water partition coefficient (Wildman–Crippen LogP) is 3.02. The van der Waals surface area contributed by atoms with Crippen molar-refractivity contribution in [2.75, 3.05) is 20.2 Å². The molecule has 1 aliphatic heterocycles. The van der Waals surface area contributed by atoms with E-state index < -0.39 is 10.0 Å². The highest BCUT2D eigenvalue weighted by atomic mass is 79.9. The van der Waals surface area contributed by atoms with E-state index in [1.807, 2.05) is 0 Å². The largest absolute Gasteiger partial charge is 0.496 e. The first kappa shape index (κ1) is 14.8. The van der Waals surface area contributed by atoms with Gasteiger partial charge in [-0.05, 0) is 40.9 Å². The molecule has 1 fully saturated rings. The molecule has 1 saturated heterocycles. The van der Waals surface area contributed by atoms with Gasteiger partial charge >= 0.3 is 0 Å². The summed E-state index contributed by atoms with van der Waals surface area (Å²) < 4.78 is 32.7. The molecule has 1 heterocycles. The number of sulfonamides is 1. The molecular weight excluding hydrogens is 330 g/mol. The summed E-state index contributed by atoms with van der Waals surface area (Å²) >= 11 is 3.33. The topological polar surface area (TPSA) is 46.6 Å². The minimum absolute atomic E-state index is 0.300. The zero-order valence-corrected chi connectivity index (χ0v) is 13.3. The summed E-state index contributed by atoms with van der Waals surface area (Å²) in [6.07, 6.45) is 4.09. The van der Waals surface area contributed by atoms with Crippen molar-refractivity contribution in [3.8, 4) is 5.75 Å². The molecule has 0 aromatic heterocycles. The van der Waals surface area contributed by atoms with Crippen LogP contribution in [-0.4, -0.2) is 32.9 Å². The van der Waals surface area contributed by atoms with Crippen LogP contribution >= 0.6 is 15.9 Å². The molecule has 4 nitrogen and oxygen atoms in total. The third kappa shape index (κ3) is 3.30. The monoisotopic (exact) mass is 347 g/mol. The third-order valence-electron chi connectivity index (χ3n) is 3.33. The Hall–Kier alpha value is -0.590. The van der Waals surface area contributed by atoms with Crippen molar-refractivity contribution < 1.29 is 13.2 Å². The van der Waals surface area contributed by atoms with Crippen molar-refractivity contribution >= 4 is 26.0 Å². The summed E-state index contributed by atoms with van der Waals surface area (Å²) in [5.41, 5.74) is 0. The molecular formula is C13H18BrNO3S. The van der Waals surface area contributed by atoms with E-state index in [0.29, 0.717) is 23.7 Å². The van der Waals surface area contributed by atoms with Gasteiger partial charge in [0.1, 0.15) is 5.75 Å². The highest BCUT2D eigenvalue weighted by molar-refractivity contribution is 9.10. The zero-order chi connectivity index (χ0) is 13.9. The lowest BCUT2D eigenvalue weighted by Gasteiger charge is -2.20. The smallest absolute Gasteiger partial charge is 0.243 e. The number of hydrogen-bond donors (Lipinski definition) is 0. The SMILES string of the molecule is COc1cc(S(=O)(=O)N2CCCCCC2)ccc1Br. The van der Waals surface area contributed by atoms with E-state index in [1.165, 1.54) is 7.11 Å². The van der Waals surface area contributed by atoms with Gasteiger partial charge in [-0.2, -0.15) is 4.31 Å². The number of halogens is 1. The maximum Gasteiger partial charge on any atom is 0.243 e. The second-order valence-corrected chi connectivity index (χ2v) is 7.41. The molecule has 19 heavy (non-hydrogen) atoms. The van der Waals surface area contributed by atoms with Crippen LogP contribution in [0.2, 0.25) is 0 Å². The molecule has 0 amide bonds. The van der Waals surface area contributed by atoms with E-state index in [2.05, 4.69) is 15.9 Å². The van der Waals surface area contributed by atoms with E-state index in [4.69, 9.17) is 4.74 Å². The van der Waals surface area contributed by atoms with Crippen LogP contribution in [0.3, 0.4) is 0 Å². The lowest BCUT2D eigenvalue weighted by atomic mass is 10.2. The Morgan fingerprint density at radius 3 is 2.37 bits per heavy atom. The second-order valence-electron chi connectivity index (χ2n) is 4.61. The summed E-state index contributed by atoms with van der Waals surface area (Å²) in [5, 5.41) is 0. The predicted molar refractivity (Wildman–Crippen MR) is 77.9 cm³/mol. The number of nitrogens with zero attached hydrogens (tertiary/aromatic N) is 1. The number of hydrogen-bond acceptors (Lipinski definition) is 3. The van der Waals surface area contributed by atoms with Gasteiger partial charge in [-0.15, -0.1) is 0 Å². The van der Waals surface area contributed by atoms with E-state index in [9.17, 15) is 8.42 Å². The van der Waals surface area contributed by atoms with Crippen molar-refractivity contribution in [1.82, 2.24) is 4.31 Å². The Balaban J connectivity index is 2.32. The number of benzene rings is 1. The molecule has 0 spiro atoms. The lowest BCUT2D eigenvalue weighted by molar-refractivity contribution is 0.407. The highest BCUT2D eigenvalue weighted by Crippen LogP contribution is 2.29. The van der Waals surface area contributed by atoms with Crippen molar-refractivity contribution in [1.29, 1.82) is 0 Å². The van der Waals surface area contributed by atoms with Crippen LogP contribution in [0, 0.1) is 0 Å². The fourth-order valence-electron chi connectivity index (χ4n) is 2.23. The van der Waals surface area contributed by atoms with Gasteiger partial charge in [-0.25, -0.2) is 8.42 Å². The lowest BCUT2D eigenvalue weighted by Crippen LogP contribution is -2.31. The molecule has 0 unspecified atom stereocenters. The van der Waals surface area contributed by atoms with Crippen LogP contribution in [0.15, 0.2) is 27.6 Å². The van der Waals surface area contributed by atoms with Gasteiger partial charge in [0.2, 0.25) is 10.0 Å². The van der Waals surface area contributed by atoms with Crippen molar-refractivity contribution in [3.05, 3.63) is 22.7 Å². The van der Waals surface area contributed by atoms with Crippen LogP contribution < -0.4 is 4.74 Å². The Morgan fingerprint density at radius 2 is 1.79 bits per heavy atom. The highest BCUT2D eigenvalue weighted by Gasteiger charge is 2.25. The number of methoxy groups -OCH3 is 1. The van der Waals surface area contributed by atoms with Crippen molar-refractivity contribution in [2.24, 2.45) is 0 Å². The number of ether oxygens (including phenoxy) is 1. The molecule has 2 rings (SSSR count). The molecule has 1 aromatic rings. The molecule has 0 aliphatic carbocycles. The minimum Gasteiger partial charge on any atom is -0.496 e. The fourth-order valence-corrected chi connectivity index (χ4v) is 4.17. The van der Waals surface area contributed by atoms with E-state index in [0.717, 1.165) is 30.2 Å². The Kier molecular flexibility index (Phi) is 4.86. The molecule has 0 bridgehead atoms. The zero-order valence-electron chi connectivity index (χ0n) is 10.9. The third-order valence-corrected chi connectivity index (χ3v) is 5.88. The first-order valence-electron chi connectivity index (χ1n) is 6.39. The van der Waals surface area contributed by atoms with Gasteiger partial charge in [-0.1, -0.05) is 12.8 Å². The Bertz CT molecular complexity index is 537. The van der Waals surface area contributed by atoms with E-state index in [1.54, 1.807) is 22.5 Å². The van der Waals surface area contributed by atoms with Crippen LogP contribution in [0.4, 0.5) is 0 Å². The van der Waals surface area contributed by atoms with Gasteiger partial charge in [0.15, 0.2) is 0 Å². The average Bonchev–Trinajstić information content (AvgIpc) is 2.68. The number of rotatable bonds is 3. The normalized spacial score (nSPS) is 18.0. The first-order valence-corrected chi connectivity index (χ1v) is 8.62. The first-order chi connectivity index (χ1) is 9.05. The van der Waals surface area contributed by atoms with Crippen LogP contribution in [-0.2, 0) is 10.0 Å². The van der Waals surface area contributed by atoms with Gasteiger partial charge in [0.05, 0.1) is 16.5 Å². The van der Waals surface area contributed by atoms with Crippen molar-refractivity contribution in [3.63, 3.8) is 0 Å². The molecule has 0 saturated carbocycles. The van der Waals surface area contributed by atoms with Crippen molar-refractivity contribution in [2.45, 2.75) is 30.6 Å². The van der Waals surface area contributed by atoms with Gasteiger partial charge in [-0.3, -0.25) is 0 Å². The van der Waals surface area contributed by atoms with Gasteiger partial charge in [0, 0.05) is 19.2 Å². The van der Waals surface area contributed by atoms with Crippen LogP contribution in [0.5, 0.6) is 5.75 Å². The molecule has 1 aromatic carbocycles. The summed E-state index contributed by atoms with van der Waals surface area (Å²) in [7, 11) is -1.87. The maximum absolute atomic E-state index is 12.6. The van der Waals surface area contributed by atoms with E-state index >= 15 is 0 Å². The average molecular weight is 348 g/mol. The molecule has 106 valence electrons. The minimum atomic E-state index is -3.40. The van der Waals surface area contributed by atoms with Crippen LogP contribution in [0.1, 0.15) is 25.7 Å². The fraction of sp³-hybridized carbons (Fsp3) is 0.538. The molecule has 6 heteroatoms. The molecule has 0 N–H and O–H groups in total.